The van der Waals surface area contributed by atoms with Crippen LogP contribution in [-0.2, 0) is 0 Å². The topological polar surface area (TPSA) is 25.8 Å². The zero-order chi connectivity index (χ0) is 24.2. The van der Waals surface area contributed by atoms with Gasteiger partial charge < -0.3 is 0 Å². The van der Waals surface area contributed by atoms with E-state index in [1.54, 1.807) is 0 Å². The first-order valence-electron chi connectivity index (χ1n) is 12.1. The molecule has 2 nitrogen and oxygen atoms in total. The Kier molecular flexibility index (Phi) is 5.91. The van der Waals surface area contributed by atoms with Crippen LogP contribution in [0.5, 0.6) is 0 Å². The van der Waals surface area contributed by atoms with Gasteiger partial charge in [0.15, 0.2) is 0 Å². The number of pyridine rings is 2. The van der Waals surface area contributed by atoms with Gasteiger partial charge in [-0.05, 0) is 75.8 Å². The molecule has 0 fully saturated rings. The van der Waals surface area contributed by atoms with Gasteiger partial charge in [0.1, 0.15) is 0 Å². The molecule has 0 bridgehead atoms. The molecule has 0 atom stereocenters. The largest absolute Gasteiger partial charge is 0.256 e. The molecule has 0 unspecified atom stereocenters. The Balaban J connectivity index is 1.35. The van der Waals surface area contributed by atoms with Crippen LogP contribution in [0.4, 0.5) is 0 Å². The Hall–Kier alpha value is -4.82. The van der Waals surface area contributed by atoms with Gasteiger partial charge in [0.05, 0.1) is 11.4 Å². The molecule has 0 spiro atoms. The average molecular weight is 461 g/mol. The third-order valence-electron chi connectivity index (χ3n) is 6.40. The summed E-state index contributed by atoms with van der Waals surface area (Å²) >= 11 is 0. The Bertz CT molecular complexity index is 1520. The van der Waals surface area contributed by atoms with E-state index in [0.717, 1.165) is 33.6 Å². The average Bonchev–Trinajstić information content (AvgIpc) is 2.98. The lowest BCUT2D eigenvalue weighted by Crippen LogP contribution is -1.89. The molecule has 0 aliphatic rings. The molecule has 4 aromatic carbocycles. The Morgan fingerprint density at radius 3 is 1.06 bits per heavy atom. The monoisotopic (exact) mass is 460 g/mol. The van der Waals surface area contributed by atoms with E-state index in [9.17, 15) is 0 Å². The third kappa shape index (κ3) is 4.57. The molecule has 6 rings (SSSR count). The standard InChI is InChI=1S/C34H24N2/c1-2-8-25(9-3-1)26-12-14-27(15-13-26)28-16-18-29(19-17-28)30-22-31(33-10-4-6-20-35-33)24-32(23-30)34-11-5-7-21-36-34/h1-24H. The van der Waals surface area contributed by atoms with Crippen molar-refractivity contribution in [3.05, 3.63) is 146 Å². The maximum atomic E-state index is 4.58. The zero-order valence-electron chi connectivity index (χ0n) is 19.8. The summed E-state index contributed by atoms with van der Waals surface area (Å²) in [4.78, 5) is 9.16. The third-order valence-corrected chi connectivity index (χ3v) is 6.40. The molecule has 0 saturated carbocycles. The Morgan fingerprint density at radius 2 is 0.639 bits per heavy atom. The summed E-state index contributed by atoms with van der Waals surface area (Å²) in [7, 11) is 0. The molecule has 2 heterocycles. The molecule has 0 radical (unpaired) electrons. The normalized spacial score (nSPS) is 10.8. The summed E-state index contributed by atoms with van der Waals surface area (Å²) in [6.07, 6.45) is 3.67. The summed E-state index contributed by atoms with van der Waals surface area (Å²) in [6, 6.07) is 46.6. The maximum Gasteiger partial charge on any atom is 0.0702 e. The van der Waals surface area contributed by atoms with Crippen molar-refractivity contribution in [3.8, 4) is 55.9 Å². The maximum absolute atomic E-state index is 4.58. The van der Waals surface area contributed by atoms with Crippen LogP contribution < -0.4 is 0 Å². The summed E-state index contributed by atoms with van der Waals surface area (Å²) in [6.45, 7) is 0. The van der Waals surface area contributed by atoms with Crippen molar-refractivity contribution in [2.24, 2.45) is 0 Å². The molecule has 0 aliphatic carbocycles. The first kappa shape index (κ1) is 21.7. The van der Waals surface area contributed by atoms with E-state index in [4.69, 9.17) is 0 Å². The van der Waals surface area contributed by atoms with Gasteiger partial charge in [-0.25, -0.2) is 0 Å². The highest BCUT2D eigenvalue weighted by atomic mass is 14.7. The molecular formula is C34H24N2. The van der Waals surface area contributed by atoms with Gasteiger partial charge in [-0.15, -0.1) is 0 Å². The Labute approximate surface area is 211 Å². The fraction of sp³-hybridized carbons (Fsp3) is 0. The van der Waals surface area contributed by atoms with Crippen molar-refractivity contribution in [2.45, 2.75) is 0 Å². The molecule has 0 aliphatic heterocycles. The summed E-state index contributed by atoms with van der Waals surface area (Å²) < 4.78 is 0. The summed E-state index contributed by atoms with van der Waals surface area (Å²) in [5.41, 5.74) is 11.2. The van der Waals surface area contributed by atoms with Crippen molar-refractivity contribution in [2.75, 3.05) is 0 Å². The number of rotatable bonds is 5. The number of aromatic nitrogens is 2. The Morgan fingerprint density at radius 1 is 0.278 bits per heavy atom. The van der Waals surface area contributed by atoms with Crippen molar-refractivity contribution in [1.82, 2.24) is 9.97 Å². The highest BCUT2D eigenvalue weighted by Crippen LogP contribution is 2.33. The van der Waals surface area contributed by atoms with Crippen molar-refractivity contribution in [1.29, 1.82) is 0 Å². The minimum Gasteiger partial charge on any atom is -0.256 e. The number of hydrogen-bond acceptors (Lipinski definition) is 2. The SMILES string of the molecule is c1ccc(-c2ccc(-c3ccc(-c4cc(-c5ccccn5)cc(-c5ccccn5)c4)cc3)cc2)cc1. The van der Waals surface area contributed by atoms with E-state index in [-0.39, 0.29) is 0 Å². The van der Waals surface area contributed by atoms with Gasteiger partial charge in [0.25, 0.3) is 0 Å². The van der Waals surface area contributed by atoms with Crippen LogP contribution in [0.3, 0.4) is 0 Å². The molecule has 2 aromatic heterocycles. The van der Waals surface area contributed by atoms with Gasteiger partial charge in [-0.1, -0.05) is 91.0 Å². The molecule has 0 saturated heterocycles. The molecular weight excluding hydrogens is 436 g/mol. The molecule has 36 heavy (non-hydrogen) atoms. The van der Waals surface area contributed by atoms with Gasteiger partial charge in [0.2, 0.25) is 0 Å². The van der Waals surface area contributed by atoms with Crippen molar-refractivity contribution in [3.63, 3.8) is 0 Å². The number of benzene rings is 4. The molecule has 170 valence electrons. The van der Waals surface area contributed by atoms with E-state index in [1.165, 1.54) is 22.3 Å². The van der Waals surface area contributed by atoms with Crippen LogP contribution in [-0.4, -0.2) is 9.97 Å². The number of nitrogens with zero attached hydrogens (tertiary/aromatic N) is 2. The first-order chi connectivity index (χ1) is 17.8. The molecule has 0 amide bonds. The predicted octanol–water partition coefficient (Wildman–Crippen LogP) is 8.81. The fourth-order valence-corrected chi connectivity index (χ4v) is 4.50. The molecule has 6 aromatic rings. The van der Waals surface area contributed by atoms with Crippen molar-refractivity contribution >= 4 is 0 Å². The lowest BCUT2D eigenvalue weighted by Gasteiger charge is -2.11. The second-order valence-corrected chi connectivity index (χ2v) is 8.75. The summed E-state index contributed by atoms with van der Waals surface area (Å²) in [5, 5.41) is 0. The van der Waals surface area contributed by atoms with Crippen LogP contribution in [0.1, 0.15) is 0 Å². The zero-order valence-corrected chi connectivity index (χ0v) is 19.8. The lowest BCUT2D eigenvalue weighted by atomic mass is 9.95. The first-order valence-corrected chi connectivity index (χ1v) is 12.1. The van der Waals surface area contributed by atoms with E-state index in [1.807, 2.05) is 54.9 Å². The van der Waals surface area contributed by atoms with E-state index in [2.05, 4.69) is 101 Å². The van der Waals surface area contributed by atoms with E-state index < -0.39 is 0 Å². The highest BCUT2D eigenvalue weighted by Gasteiger charge is 2.09. The predicted molar refractivity (Wildman–Crippen MR) is 149 cm³/mol. The molecule has 0 N–H and O–H groups in total. The minimum absolute atomic E-state index is 0.951. The smallest absolute Gasteiger partial charge is 0.0702 e. The van der Waals surface area contributed by atoms with Crippen LogP contribution in [0, 0.1) is 0 Å². The van der Waals surface area contributed by atoms with Crippen molar-refractivity contribution < 1.29 is 0 Å². The van der Waals surface area contributed by atoms with Gasteiger partial charge in [-0.2, -0.15) is 0 Å². The van der Waals surface area contributed by atoms with Crippen LogP contribution in [0.25, 0.3) is 55.9 Å². The lowest BCUT2D eigenvalue weighted by molar-refractivity contribution is 1.31. The van der Waals surface area contributed by atoms with Gasteiger partial charge >= 0.3 is 0 Å². The van der Waals surface area contributed by atoms with E-state index >= 15 is 0 Å². The minimum atomic E-state index is 0.951. The summed E-state index contributed by atoms with van der Waals surface area (Å²) in [5.74, 6) is 0. The quantitative estimate of drug-likeness (QED) is 0.257. The second-order valence-electron chi connectivity index (χ2n) is 8.75. The number of hydrogen-bond donors (Lipinski definition) is 0. The second kappa shape index (κ2) is 9.81. The molecule has 2 heteroatoms. The fourth-order valence-electron chi connectivity index (χ4n) is 4.50. The van der Waals surface area contributed by atoms with Crippen LogP contribution in [0.15, 0.2) is 146 Å². The van der Waals surface area contributed by atoms with Crippen LogP contribution >= 0.6 is 0 Å². The van der Waals surface area contributed by atoms with Crippen LogP contribution in [0.2, 0.25) is 0 Å². The highest BCUT2D eigenvalue weighted by molar-refractivity contribution is 5.80. The van der Waals surface area contributed by atoms with Gasteiger partial charge in [0, 0.05) is 23.5 Å². The van der Waals surface area contributed by atoms with Gasteiger partial charge in [-0.3, -0.25) is 9.97 Å². The van der Waals surface area contributed by atoms with E-state index in [0.29, 0.717) is 0 Å².